The molecule has 0 heterocycles. The van der Waals surface area contributed by atoms with Gasteiger partial charge in [-0.3, -0.25) is 0 Å². The van der Waals surface area contributed by atoms with Crippen molar-refractivity contribution in [2.75, 3.05) is 6.54 Å². The molecule has 1 aromatic rings. The second-order valence-corrected chi connectivity index (χ2v) is 4.53. The number of nitrogens with two attached hydrogens (primary N) is 1. The summed E-state index contributed by atoms with van der Waals surface area (Å²) in [5.74, 6) is -2.90. The molecule has 0 aromatic heterocycles. The molecule has 0 fully saturated rings. The second kappa shape index (κ2) is 3.89. The standard InChI is InChI=1S/C12H17F2N/c1-9-5-4-6-10(7-9)12(13,14)11(2,3)8-15/h4-7H,8,15H2,1-3H3. The molecule has 0 amide bonds. The van der Waals surface area contributed by atoms with Crippen LogP contribution in [0.5, 0.6) is 0 Å². The zero-order chi connectivity index (χ0) is 11.7. The molecule has 0 unspecified atom stereocenters. The van der Waals surface area contributed by atoms with Gasteiger partial charge in [-0.05, 0) is 6.92 Å². The Morgan fingerprint density at radius 2 is 1.87 bits per heavy atom. The van der Waals surface area contributed by atoms with Crippen molar-refractivity contribution in [1.82, 2.24) is 0 Å². The van der Waals surface area contributed by atoms with Crippen molar-refractivity contribution in [2.24, 2.45) is 11.1 Å². The third-order valence-electron chi connectivity index (χ3n) is 2.74. The van der Waals surface area contributed by atoms with E-state index in [0.29, 0.717) is 0 Å². The van der Waals surface area contributed by atoms with E-state index in [1.807, 2.05) is 0 Å². The van der Waals surface area contributed by atoms with Crippen LogP contribution in [0.25, 0.3) is 0 Å². The molecule has 0 saturated carbocycles. The third kappa shape index (κ3) is 2.17. The van der Waals surface area contributed by atoms with Crippen LogP contribution >= 0.6 is 0 Å². The van der Waals surface area contributed by atoms with Gasteiger partial charge in [-0.1, -0.05) is 43.7 Å². The third-order valence-corrected chi connectivity index (χ3v) is 2.74. The van der Waals surface area contributed by atoms with E-state index in [-0.39, 0.29) is 12.1 Å². The summed E-state index contributed by atoms with van der Waals surface area (Å²) in [4.78, 5) is 0. The maximum atomic E-state index is 14.0. The first-order valence-corrected chi connectivity index (χ1v) is 4.96. The van der Waals surface area contributed by atoms with Crippen molar-refractivity contribution in [1.29, 1.82) is 0 Å². The molecule has 0 spiro atoms. The fraction of sp³-hybridized carbons (Fsp3) is 0.500. The lowest BCUT2D eigenvalue weighted by Crippen LogP contribution is -2.40. The van der Waals surface area contributed by atoms with Crippen LogP contribution in [0.3, 0.4) is 0 Å². The van der Waals surface area contributed by atoms with Gasteiger partial charge in [0, 0.05) is 17.5 Å². The first-order valence-electron chi connectivity index (χ1n) is 4.96. The predicted molar refractivity (Wildman–Crippen MR) is 57.9 cm³/mol. The van der Waals surface area contributed by atoms with Crippen LogP contribution in [-0.4, -0.2) is 6.54 Å². The molecule has 1 aromatic carbocycles. The molecule has 2 N–H and O–H groups in total. The Morgan fingerprint density at radius 3 is 2.33 bits per heavy atom. The van der Waals surface area contributed by atoms with Crippen molar-refractivity contribution in [3.05, 3.63) is 35.4 Å². The molecular weight excluding hydrogens is 196 g/mol. The summed E-state index contributed by atoms with van der Waals surface area (Å²) >= 11 is 0. The highest BCUT2D eigenvalue weighted by Gasteiger charge is 2.46. The van der Waals surface area contributed by atoms with Crippen molar-refractivity contribution in [2.45, 2.75) is 26.7 Å². The summed E-state index contributed by atoms with van der Waals surface area (Å²) in [6.45, 7) is 4.72. The number of halogens is 2. The maximum absolute atomic E-state index is 14.0. The summed E-state index contributed by atoms with van der Waals surface area (Å²) in [5, 5.41) is 0. The molecule has 0 saturated heterocycles. The quantitative estimate of drug-likeness (QED) is 0.820. The van der Waals surface area contributed by atoms with Gasteiger partial charge in [-0.2, -0.15) is 0 Å². The fourth-order valence-corrected chi connectivity index (χ4v) is 1.36. The summed E-state index contributed by atoms with van der Waals surface area (Å²) in [7, 11) is 0. The van der Waals surface area contributed by atoms with Crippen LogP contribution in [0.1, 0.15) is 25.0 Å². The van der Waals surface area contributed by atoms with E-state index < -0.39 is 11.3 Å². The van der Waals surface area contributed by atoms with Gasteiger partial charge in [-0.25, -0.2) is 8.78 Å². The average Bonchev–Trinajstić information content (AvgIpc) is 2.17. The highest BCUT2D eigenvalue weighted by molar-refractivity contribution is 5.27. The zero-order valence-corrected chi connectivity index (χ0v) is 9.35. The highest BCUT2D eigenvalue weighted by Crippen LogP contribution is 2.44. The number of alkyl halides is 2. The number of aryl methyl sites for hydroxylation is 1. The van der Waals surface area contributed by atoms with E-state index >= 15 is 0 Å². The topological polar surface area (TPSA) is 26.0 Å². The van der Waals surface area contributed by atoms with Crippen LogP contribution in [0.4, 0.5) is 8.78 Å². The normalized spacial score (nSPS) is 12.9. The minimum Gasteiger partial charge on any atom is -0.330 e. The van der Waals surface area contributed by atoms with E-state index in [4.69, 9.17) is 5.73 Å². The van der Waals surface area contributed by atoms with E-state index in [1.54, 1.807) is 19.1 Å². The summed E-state index contributed by atoms with van der Waals surface area (Å²) < 4.78 is 28.1. The lowest BCUT2D eigenvalue weighted by Gasteiger charge is -2.33. The number of benzene rings is 1. The molecule has 0 radical (unpaired) electrons. The second-order valence-electron chi connectivity index (χ2n) is 4.53. The lowest BCUT2D eigenvalue weighted by molar-refractivity contribution is -0.108. The number of rotatable bonds is 3. The van der Waals surface area contributed by atoms with Crippen molar-refractivity contribution < 1.29 is 8.78 Å². The van der Waals surface area contributed by atoms with Crippen LogP contribution in [0.15, 0.2) is 24.3 Å². The first-order chi connectivity index (χ1) is 6.81. The molecule has 3 heteroatoms. The summed E-state index contributed by atoms with van der Waals surface area (Å²) in [5.41, 5.74) is 5.04. The smallest absolute Gasteiger partial charge is 0.279 e. The van der Waals surface area contributed by atoms with E-state index in [1.165, 1.54) is 26.0 Å². The fourth-order valence-electron chi connectivity index (χ4n) is 1.36. The average molecular weight is 213 g/mol. The molecule has 1 rings (SSSR count). The maximum Gasteiger partial charge on any atom is 0.279 e. The van der Waals surface area contributed by atoms with Crippen LogP contribution < -0.4 is 5.73 Å². The van der Waals surface area contributed by atoms with Gasteiger partial charge in [0.15, 0.2) is 0 Å². The van der Waals surface area contributed by atoms with Gasteiger partial charge in [0.25, 0.3) is 5.92 Å². The minimum absolute atomic E-state index is 0.0398. The lowest BCUT2D eigenvalue weighted by atomic mass is 9.81. The SMILES string of the molecule is Cc1cccc(C(F)(F)C(C)(C)CN)c1. The van der Waals surface area contributed by atoms with Crippen LogP contribution in [-0.2, 0) is 5.92 Å². The summed E-state index contributed by atoms with van der Waals surface area (Å²) in [6, 6.07) is 6.40. The molecule has 0 aliphatic carbocycles. The van der Waals surface area contributed by atoms with Crippen LogP contribution in [0, 0.1) is 12.3 Å². The molecule has 1 nitrogen and oxygen atoms in total. The molecule has 15 heavy (non-hydrogen) atoms. The molecule has 0 bridgehead atoms. The summed E-state index contributed by atoms with van der Waals surface area (Å²) in [6.07, 6.45) is 0. The van der Waals surface area contributed by atoms with E-state index in [0.717, 1.165) is 5.56 Å². The Bertz CT molecular complexity index is 345. The van der Waals surface area contributed by atoms with Crippen molar-refractivity contribution >= 4 is 0 Å². The highest BCUT2D eigenvalue weighted by atomic mass is 19.3. The minimum atomic E-state index is -2.90. The Balaban J connectivity index is 3.16. The first kappa shape index (κ1) is 12.1. The molecule has 84 valence electrons. The molecule has 0 atom stereocenters. The van der Waals surface area contributed by atoms with Gasteiger partial charge in [0.2, 0.25) is 0 Å². The molecule has 0 aliphatic heterocycles. The zero-order valence-electron chi connectivity index (χ0n) is 9.35. The Morgan fingerprint density at radius 1 is 1.27 bits per heavy atom. The van der Waals surface area contributed by atoms with E-state index in [9.17, 15) is 8.78 Å². The Hall–Kier alpha value is -0.960. The van der Waals surface area contributed by atoms with Gasteiger partial charge in [0.05, 0.1) is 0 Å². The van der Waals surface area contributed by atoms with Crippen molar-refractivity contribution in [3.8, 4) is 0 Å². The van der Waals surface area contributed by atoms with Gasteiger partial charge >= 0.3 is 0 Å². The number of hydrogen-bond acceptors (Lipinski definition) is 1. The Kier molecular flexibility index (Phi) is 3.14. The largest absolute Gasteiger partial charge is 0.330 e. The van der Waals surface area contributed by atoms with E-state index in [2.05, 4.69) is 0 Å². The van der Waals surface area contributed by atoms with Gasteiger partial charge in [0.1, 0.15) is 0 Å². The monoisotopic (exact) mass is 213 g/mol. The predicted octanol–water partition coefficient (Wildman–Crippen LogP) is 3.07. The van der Waals surface area contributed by atoms with Crippen LogP contribution in [0.2, 0.25) is 0 Å². The Labute approximate surface area is 89.3 Å². The van der Waals surface area contributed by atoms with Gasteiger partial charge < -0.3 is 5.73 Å². The molecule has 0 aliphatic rings. The molecular formula is C12H17F2N. The van der Waals surface area contributed by atoms with Crippen molar-refractivity contribution in [3.63, 3.8) is 0 Å². The number of hydrogen-bond donors (Lipinski definition) is 1. The van der Waals surface area contributed by atoms with Gasteiger partial charge in [-0.15, -0.1) is 0 Å².